The molecule has 0 unspecified atom stereocenters. The Bertz CT molecular complexity index is 492. The van der Waals surface area contributed by atoms with E-state index < -0.39 is 12.0 Å². The van der Waals surface area contributed by atoms with Crippen LogP contribution in [-0.4, -0.2) is 25.7 Å². The molecule has 0 aliphatic carbocycles. The Morgan fingerprint density at radius 2 is 1.95 bits per heavy atom. The lowest BCUT2D eigenvalue weighted by molar-refractivity contribution is -0.143. The largest absolute Gasteiger partial charge is 0.493 e. The molecule has 1 aromatic rings. The van der Waals surface area contributed by atoms with Crippen LogP contribution in [0.3, 0.4) is 0 Å². The molecule has 0 aliphatic heterocycles. The molecule has 21 heavy (non-hydrogen) atoms. The van der Waals surface area contributed by atoms with E-state index in [2.05, 4.69) is 0 Å². The van der Waals surface area contributed by atoms with E-state index in [-0.39, 0.29) is 24.8 Å². The second-order valence-electron chi connectivity index (χ2n) is 4.12. The van der Waals surface area contributed by atoms with Crippen molar-refractivity contribution in [3.8, 4) is 11.5 Å². The van der Waals surface area contributed by atoms with Gasteiger partial charge < -0.3 is 19.9 Å². The van der Waals surface area contributed by atoms with Gasteiger partial charge >= 0.3 is 11.9 Å². The lowest BCUT2D eigenvalue weighted by atomic mass is 10.0. The fraction of sp³-hybridized carbons (Fsp3) is 0.429. The number of halogens is 1. The van der Waals surface area contributed by atoms with Gasteiger partial charge in [0.05, 0.1) is 20.1 Å². The van der Waals surface area contributed by atoms with Crippen molar-refractivity contribution in [1.82, 2.24) is 0 Å². The molecule has 118 valence electrons. The number of carbonyl (C=O) groups excluding carboxylic acids is 2. The summed E-state index contributed by atoms with van der Waals surface area (Å²) in [5, 5.41) is 0. The summed E-state index contributed by atoms with van der Waals surface area (Å²) in [4.78, 5) is 22.3. The molecule has 6 nitrogen and oxygen atoms in total. The monoisotopic (exact) mass is 317 g/mol. The first-order valence-corrected chi connectivity index (χ1v) is 6.25. The molecule has 2 N–H and O–H groups in total. The van der Waals surface area contributed by atoms with Gasteiger partial charge in [0.2, 0.25) is 0 Å². The van der Waals surface area contributed by atoms with Crippen molar-refractivity contribution in [2.24, 2.45) is 5.73 Å². The number of carbonyl (C=O) groups is 2. The SMILES string of the molecule is CCOC(=O)C[C@@H](N)c1ccc(OC(C)=O)c(OC)c1.Cl. The van der Waals surface area contributed by atoms with Gasteiger partial charge in [0.15, 0.2) is 11.5 Å². The van der Waals surface area contributed by atoms with Crippen molar-refractivity contribution in [1.29, 1.82) is 0 Å². The Morgan fingerprint density at radius 3 is 2.48 bits per heavy atom. The molecule has 0 saturated heterocycles. The molecule has 0 bridgehead atoms. The summed E-state index contributed by atoms with van der Waals surface area (Å²) >= 11 is 0. The zero-order valence-electron chi connectivity index (χ0n) is 12.3. The standard InChI is InChI=1S/C14H19NO5.ClH/c1-4-19-14(17)8-11(15)10-5-6-12(20-9(2)16)13(7-10)18-3;/h5-7,11H,4,8,15H2,1-3H3;1H/t11-;/m1./s1. The smallest absolute Gasteiger partial charge is 0.308 e. The Morgan fingerprint density at radius 1 is 1.29 bits per heavy atom. The molecule has 0 saturated carbocycles. The normalized spacial score (nSPS) is 11.0. The number of rotatable bonds is 6. The van der Waals surface area contributed by atoms with E-state index in [0.29, 0.717) is 23.7 Å². The minimum Gasteiger partial charge on any atom is -0.493 e. The highest BCUT2D eigenvalue weighted by Gasteiger charge is 2.15. The van der Waals surface area contributed by atoms with E-state index in [1.54, 1.807) is 25.1 Å². The van der Waals surface area contributed by atoms with Gasteiger partial charge in [-0.15, -0.1) is 12.4 Å². The van der Waals surface area contributed by atoms with Gasteiger partial charge in [-0.2, -0.15) is 0 Å². The molecule has 0 spiro atoms. The second-order valence-corrected chi connectivity index (χ2v) is 4.12. The predicted molar refractivity (Wildman–Crippen MR) is 79.7 cm³/mol. The van der Waals surface area contributed by atoms with Crippen molar-refractivity contribution in [3.63, 3.8) is 0 Å². The topological polar surface area (TPSA) is 87.9 Å². The van der Waals surface area contributed by atoms with E-state index in [1.807, 2.05) is 0 Å². The number of ether oxygens (including phenoxy) is 3. The predicted octanol–water partition coefficient (Wildman–Crippen LogP) is 2.00. The maximum atomic E-state index is 11.4. The Kier molecular flexibility index (Phi) is 8.42. The third-order valence-electron chi connectivity index (χ3n) is 2.56. The van der Waals surface area contributed by atoms with Crippen molar-refractivity contribution in [3.05, 3.63) is 23.8 Å². The molecular weight excluding hydrogens is 298 g/mol. The molecule has 0 amide bonds. The summed E-state index contributed by atoms with van der Waals surface area (Å²) in [6.07, 6.45) is 0.0733. The number of hydrogen-bond donors (Lipinski definition) is 1. The van der Waals surface area contributed by atoms with Crippen LogP contribution in [0, 0.1) is 0 Å². The maximum Gasteiger partial charge on any atom is 0.308 e. The Labute approximate surface area is 130 Å². The molecule has 1 atom stereocenters. The average molecular weight is 318 g/mol. The minimum absolute atomic E-state index is 0. The van der Waals surface area contributed by atoms with E-state index in [4.69, 9.17) is 19.9 Å². The van der Waals surface area contributed by atoms with Crippen molar-refractivity contribution in [2.75, 3.05) is 13.7 Å². The van der Waals surface area contributed by atoms with E-state index in [1.165, 1.54) is 14.0 Å². The quantitative estimate of drug-likeness (QED) is 0.637. The van der Waals surface area contributed by atoms with Gasteiger partial charge in [-0.1, -0.05) is 6.07 Å². The summed E-state index contributed by atoms with van der Waals surface area (Å²) in [6.45, 7) is 3.36. The highest BCUT2D eigenvalue weighted by Crippen LogP contribution is 2.30. The van der Waals surface area contributed by atoms with E-state index >= 15 is 0 Å². The summed E-state index contributed by atoms with van der Waals surface area (Å²) < 4.78 is 15.0. The highest BCUT2D eigenvalue weighted by molar-refractivity contribution is 5.85. The van der Waals surface area contributed by atoms with Crippen LogP contribution in [0.2, 0.25) is 0 Å². The first-order chi connectivity index (χ1) is 9.47. The Hall–Kier alpha value is -1.79. The van der Waals surface area contributed by atoms with Gasteiger partial charge in [-0.05, 0) is 24.6 Å². The van der Waals surface area contributed by atoms with Crippen LogP contribution in [0.5, 0.6) is 11.5 Å². The Balaban J connectivity index is 0.00000400. The van der Waals surface area contributed by atoms with E-state index in [9.17, 15) is 9.59 Å². The highest BCUT2D eigenvalue weighted by atomic mass is 35.5. The van der Waals surface area contributed by atoms with Crippen LogP contribution in [0.25, 0.3) is 0 Å². The van der Waals surface area contributed by atoms with Crippen LogP contribution in [-0.2, 0) is 14.3 Å². The lowest BCUT2D eigenvalue weighted by Gasteiger charge is -2.14. The van der Waals surface area contributed by atoms with Gasteiger partial charge in [0.1, 0.15) is 0 Å². The summed E-state index contributed by atoms with van der Waals surface area (Å²) in [5.74, 6) is -0.0982. The number of esters is 2. The zero-order valence-corrected chi connectivity index (χ0v) is 13.1. The third-order valence-corrected chi connectivity index (χ3v) is 2.56. The minimum atomic E-state index is -0.505. The molecule has 1 aromatic carbocycles. The molecular formula is C14H20ClNO5. The van der Waals surface area contributed by atoms with Crippen molar-refractivity contribution >= 4 is 24.3 Å². The first-order valence-electron chi connectivity index (χ1n) is 6.25. The van der Waals surface area contributed by atoms with Gasteiger partial charge in [-0.3, -0.25) is 9.59 Å². The van der Waals surface area contributed by atoms with Crippen molar-refractivity contribution < 1.29 is 23.8 Å². The zero-order chi connectivity index (χ0) is 15.1. The molecule has 7 heteroatoms. The summed E-state index contributed by atoms with van der Waals surface area (Å²) in [6, 6.07) is 4.40. The number of benzene rings is 1. The molecule has 1 rings (SSSR count). The number of hydrogen-bond acceptors (Lipinski definition) is 6. The molecule has 0 aliphatic rings. The molecule has 0 aromatic heterocycles. The van der Waals surface area contributed by atoms with Crippen LogP contribution in [0.15, 0.2) is 18.2 Å². The van der Waals surface area contributed by atoms with Crippen LogP contribution < -0.4 is 15.2 Å². The molecule has 0 fully saturated rings. The van der Waals surface area contributed by atoms with Crippen LogP contribution in [0.1, 0.15) is 31.9 Å². The van der Waals surface area contributed by atoms with Crippen LogP contribution in [0.4, 0.5) is 0 Å². The molecule has 0 heterocycles. The van der Waals surface area contributed by atoms with Gasteiger partial charge in [0.25, 0.3) is 0 Å². The molecule has 0 radical (unpaired) electrons. The van der Waals surface area contributed by atoms with Gasteiger partial charge in [-0.25, -0.2) is 0 Å². The number of nitrogens with two attached hydrogens (primary N) is 1. The van der Waals surface area contributed by atoms with Gasteiger partial charge in [0, 0.05) is 13.0 Å². The van der Waals surface area contributed by atoms with Crippen LogP contribution >= 0.6 is 12.4 Å². The number of methoxy groups -OCH3 is 1. The average Bonchev–Trinajstić information content (AvgIpc) is 2.38. The first kappa shape index (κ1) is 19.2. The van der Waals surface area contributed by atoms with Crippen molar-refractivity contribution in [2.45, 2.75) is 26.3 Å². The fourth-order valence-corrected chi connectivity index (χ4v) is 1.67. The van der Waals surface area contributed by atoms with E-state index in [0.717, 1.165) is 0 Å². The fourth-order valence-electron chi connectivity index (χ4n) is 1.67. The summed E-state index contributed by atoms with van der Waals surface area (Å²) in [5.41, 5.74) is 6.64. The third kappa shape index (κ3) is 6.01. The summed E-state index contributed by atoms with van der Waals surface area (Å²) in [7, 11) is 1.46. The lowest BCUT2D eigenvalue weighted by Crippen LogP contribution is -2.17. The maximum absolute atomic E-state index is 11.4. The second kappa shape index (κ2) is 9.20.